The minimum atomic E-state index is -0.0000252. The van der Waals surface area contributed by atoms with Crippen molar-refractivity contribution in [2.75, 3.05) is 6.54 Å². The molecule has 0 aliphatic carbocycles. The van der Waals surface area contributed by atoms with Gasteiger partial charge in [-0.2, -0.15) is 0 Å². The van der Waals surface area contributed by atoms with E-state index in [1.165, 1.54) is 0 Å². The number of aromatic amines is 1. The first-order valence-electron chi connectivity index (χ1n) is 8.34. The summed E-state index contributed by atoms with van der Waals surface area (Å²) < 4.78 is 0. The van der Waals surface area contributed by atoms with E-state index in [0.29, 0.717) is 23.8 Å². The van der Waals surface area contributed by atoms with Crippen molar-refractivity contribution in [1.29, 1.82) is 5.41 Å². The maximum absolute atomic E-state index is 10.5. The van der Waals surface area contributed by atoms with Gasteiger partial charge in [0, 0.05) is 0 Å². The number of imidazole rings is 1. The van der Waals surface area contributed by atoms with E-state index >= 15 is 0 Å². The second-order valence-electron chi connectivity index (χ2n) is 6.49. The van der Waals surface area contributed by atoms with Gasteiger partial charge in [0.1, 0.15) is 17.4 Å². The molecular weight excluding hydrogens is 312 g/mol. The van der Waals surface area contributed by atoms with Gasteiger partial charge in [-0.1, -0.05) is 36.4 Å². The molecule has 0 saturated heterocycles. The third-order valence-corrected chi connectivity index (χ3v) is 4.76. The number of aliphatic hydroxyl groups is 1. The normalized spacial score (nSPS) is 16.1. The van der Waals surface area contributed by atoms with Crippen molar-refractivity contribution in [2.24, 2.45) is 0 Å². The van der Waals surface area contributed by atoms with Crippen LogP contribution in [0.2, 0.25) is 0 Å². The number of aryl methyl sites for hydroxylation is 1. The van der Waals surface area contributed by atoms with E-state index in [4.69, 9.17) is 5.41 Å². The molecule has 4 rings (SSSR count). The van der Waals surface area contributed by atoms with Gasteiger partial charge in [0.2, 0.25) is 0 Å². The monoisotopic (exact) mass is 332 g/mol. The molecule has 3 N–H and O–H groups in total. The summed E-state index contributed by atoms with van der Waals surface area (Å²) in [7, 11) is 0. The summed E-state index contributed by atoms with van der Waals surface area (Å²) in [4.78, 5) is 9.69. The minimum absolute atomic E-state index is 0.0000252. The smallest absolute Gasteiger partial charge is 0.145 e. The molecule has 2 heterocycles. The van der Waals surface area contributed by atoms with Crippen LogP contribution in [0.4, 0.5) is 0 Å². The van der Waals surface area contributed by atoms with Crippen LogP contribution in [0.1, 0.15) is 29.9 Å². The Morgan fingerprint density at radius 1 is 1.20 bits per heavy atom. The van der Waals surface area contributed by atoms with Crippen molar-refractivity contribution >= 4 is 22.4 Å². The van der Waals surface area contributed by atoms with Gasteiger partial charge in [0.25, 0.3) is 0 Å². The molecule has 25 heavy (non-hydrogen) atoms. The van der Waals surface area contributed by atoms with Crippen molar-refractivity contribution in [1.82, 2.24) is 14.9 Å². The van der Waals surface area contributed by atoms with E-state index < -0.39 is 0 Å². The highest BCUT2D eigenvalue weighted by Gasteiger charge is 2.33. The molecule has 0 saturated carbocycles. The summed E-state index contributed by atoms with van der Waals surface area (Å²) in [5.41, 5.74) is 4.49. The number of fused-ring (bicyclic) bond motifs is 1. The molecule has 0 bridgehead atoms. The predicted molar refractivity (Wildman–Crippen MR) is 99.7 cm³/mol. The molecule has 0 fully saturated rings. The van der Waals surface area contributed by atoms with Crippen molar-refractivity contribution in [2.45, 2.75) is 19.9 Å². The van der Waals surface area contributed by atoms with Crippen molar-refractivity contribution in [3.63, 3.8) is 0 Å². The van der Waals surface area contributed by atoms with E-state index in [2.05, 4.69) is 9.97 Å². The van der Waals surface area contributed by atoms with Gasteiger partial charge in [-0.15, -0.1) is 0 Å². The standard InChI is InChI=1S/C20H20N4O/c1-12-8-9-15-16(10-12)23-20(22-15)18-17(25)11-24(19(18)21)13(2)14-6-4-3-5-7-14/h3-10,13,21,25H,11H2,1-2H3,(H,22,23)/t13-/m0/s1. The van der Waals surface area contributed by atoms with Gasteiger partial charge in [0.15, 0.2) is 0 Å². The highest BCUT2D eigenvalue weighted by Crippen LogP contribution is 2.32. The molecule has 5 heteroatoms. The molecule has 126 valence electrons. The van der Waals surface area contributed by atoms with Crippen molar-refractivity contribution in [3.05, 3.63) is 71.2 Å². The van der Waals surface area contributed by atoms with Crippen molar-refractivity contribution in [3.8, 4) is 0 Å². The van der Waals surface area contributed by atoms with E-state index in [1.807, 2.05) is 67.3 Å². The Morgan fingerprint density at radius 3 is 2.72 bits per heavy atom. The number of aromatic nitrogens is 2. The number of aliphatic hydroxyl groups excluding tert-OH is 1. The van der Waals surface area contributed by atoms with E-state index in [1.54, 1.807) is 0 Å². The Bertz CT molecular complexity index is 987. The number of H-pyrrole nitrogens is 1. The molecule has 1 aliphatic rings. The van der Waals surface area contributed by atoms with Gasteiger partial charge in [-0.05, 0) is 37.1 Å². The summed E-state index contributed by atoms with van der Waals surface area (Å²) in [6.45, 7) is 4.39. The Morgan fingerprint density at radius 2 is 1.96 bits per heavy atom. The molecule has 0 amide bonds. The van der Waals surface area contributed by atoms with E-state index in [9.17, 15) is 5.11 Å². The zero-order valence-electron chi connectivity index (χ0n) is 14.2. The van der Waals surface area contributed by atoms with Gasteiger partial charge in [-0.3, -0.25) is 5.41 Å². The molecule has 5 nitrogen and oxygen atoms in total. The van der Waals surface area contributed by atoms with Gasteiger partial charge < -0.3 is 15.0 Å². The molecule has 1 aliphatic heterocycles. The van der Waals surface area contributed by atoms with Crippen LogP contribution in [-0.2, 0) is 0 Å². The molecule has 0 spiro atoms. The molecule has 1 atom stereocenters. The number of nitrogens with zero attached hydrogens (tertiary/aromatic N) is 2. The number of hydrogen-bond donors (Lipinski definition) is 3. The molecule has 3 aromatic rings. The fourth-order valence-corrected chi connectivity index (χ4v) is 3.33. The number of rotatable bonds is 3. The molecule has 2 aromatic carbocycles. The van der Waals surface area contributed by atoms with Crippen LogP contribution in [0.5, 0.6) is 0 Å². The zero-order valence-corrected chi connectivity index (χ0v) is 14.2. The molecule has 0 radical (unpaired) electrons. The number of hydrogen-bond acceptors (Lipinski definition) is 3. The minimum Gasteiger partial charge on any atom is -0.510 e. The number of amidine groups is 1. The number of nitrogens with one attached hydrogen (secondary N) is 2. The molecular formula is C20H20N4O. The van der Waals surface area contributed by atoms with Crippen LogP contribution in [0.3, 0.4) is 0 Å². The van der Waals surface area contributed by atoms with Crippen LogP contribution in [-0.4, -0.2) is 32.4 Å². The SMILES string of the molecule is Cc1ccc2nc(C3=C(O)CN([C@@H](C)c4ccccc4)C3=N)[nH]c2c1. The molecule has 0 unspecified atom stereocenters. The lowest BCUT2D eigenvalue weighted by atomic mass is 10.1. The average Bonchev–Trinajstić information content (AvgIpc) is 3.14. The Balaban J connectivity index is 1.68. The summed E-state index contributed by atoms with van der Waals surface area (Å²) in [5, 5.41) is 19.1. The summed E-state index contributed by atoms with van der Waals surface area (Å²) in [5.74, 6) is 1.03. The quantitative estimate of drug-likeness (QED) is 0.673. The van der Waals surface area contributed by atoms with Gasteiger partial charge in [-0.25, -0.2) is 4.98 Å². The zero-order chi connectivity index (χ0) is 17.6. The maximum atomic E-state index is 10.5. The Hall–Kier alpha value is -3.08. The topological polar surface area (TPSA) is 76.0 Å². The maximum Gasteiger partial charge on any atom is 0.145 e. The van der Waals surface area contributed by atoms with Crippen LogP contribution in [0, 0.1) is 12.3 Å². The predicted octanol–water partition coefficient (Wildman–Crippen LogP) is 4.19. The third kappa shape index (κ3) is 2.58. The summed E-state index contributed by atoms with van der Waals surface area (Å²) >= 11 is 0. The number of benzene rings is 2. The third-order valence-electron chi connectivity index (χ3n) is 4.76. The lowest BCUT2D eigenvalue weighted by Crippen LogP contribution is -2.29. The fraction of sp³-hybridized carbons (Fsp3) is 0.200. The molecule has 1 aromatic heterocycles. The Labute approximate surface area is 146 Å². The van der Waals surface area contributed by atoms with Crippen molar-refractivity contribution < 1.29 is 5.11 Å². The van der Waals surface area contributed by atoms with Crippen LogP contribution < -0.4 is 0 Å². The first kappa shape index (κ1) is 15.4. The van der Waals surface area contributed by atoms with Crippen LogP contribution >= 0.6 is 0 Å². The lowest BCUT2D eigenvalue weighted by Gasteiger charge is -2.26. The first-order chi connectivity index (χ1) is 12.0. The van der Waals surface area contributed by atoms with E-state index in [0.717, 1.165) is 22.2 Å². The second kappa shape index (κ2) is 5.77. The summed E-state index contributed by atoms with van der Waals surface area (Å²) in [6, 6.07) is 16.0. The summed E-state index contributed by atoms with van der Waals surface area (Å²) in [6.07, 6.45) is 0. The van der Waals surface area contributed by atoms with Gasteiger partial charge in [0.05, 0.1) is 29.2 Å². The largest absolute Gasteiger partial charge is 0.510 e. The average molecular weight is 332 g/mol. The fourth-order valence-electron chi connectivity index (χ4n) is 3.33. The highest BCUT2D eigenvalue weighted by molar-refractivity contribution is 6.23. The van der Waals surface area contributed by atoms with Gasteiger partial charge >= 0.3 is 0 Å². The second-order valence-corrected chi connectivity index (χ2v) is 6.49. The lowest BCUT2D eigenvalue weighted by molar-refractivity contribution is 0.310. The van der Waals surface area contributed by atoms with E-state index in [-0.39, 0.29) is 11.8 Å². The Kier molecular flexibility index (Phi) is 3.57. The van der Waals surface area contributed by atoms with Crippen LogP contribution in [0.25, 0.3) is 16.6 Å². The van der Waals surface area contributed by atoms with Crippen LogP contribution in [0.15, 0.2) is 54.3 Å². The first-order valence-corrected chi connectivity index (χ1v) is 8.34. The highest BCUT2D eigenvalue weighted by atomic mass is 16.3.